The predicted octanol–water partition coefficient (Wildman–Crippen LogP) is 2.56. The first kappa shape index (κ1) is 19.6. The van der Waals surface area contributed by atoms with E-state index in [2.05, 4.69) is 22.4 Å². The lowest BCUT2D eigenvalue weighted by Crippen LogP contribution is -2.36. The molecule has 0 fully saturated rings. The predicted molar refractivity (Wildman–Crippen MR) is 99.0 cm³/mol. The SMILES string of the molecule is CCCCCC[C@@H](C)NC(=O)COC(=O)c1n[nH]c(=O)c2ccccc12. The van der Waals surface area contributed by atoms with Crippen molar-refractivity contribution in [3.05, 3.63) is 40.3 Å². The average Bonchev–Trinajstić information content (AvgIpc) is 2.64. The van der Waals surface area contributed by atoms with Crippen LogP contribution in [0, 0.1) is 0 Å². The number of nitrogens with zero attached hydrogens (tertiary/aromatic N) is 1. The molecule has 1 amide bonds. The van der Waals surface area contributed by atoms with Gasteiger partial charge in [-0.25, -0.2) is 9.89 Å². The number of hydrogen-bond acceptors (Lipinski definition) is 5. The summed E-state index contributed by atoms with van der Waals surface area (Å²) < 4.78 is 5.05. The molecule has 1 aromatic carbocycles. The second-order valence-electron chi connectivity index (χ2n) is 6.34. The quantitative estimate of drug-likeness (QED) is 0.529. The van der Waals surface area contributed by atoms with Gasteiger partial charge in [0.05, 0.1) is 5.39 Å². The third-order valence-corrected chi connectivity index (χ3v) is 4.12. The summed E-state index contributed by atoms with van der Waals surface area (Å²) in [5.41, 5.74) is -0.396. The molecule has 140 valence electrons. The van der Waals surface area contributed by atoms with Gasteiger partial charge in [-0.2, -0.15) is 5.10 Å². The third-order valence-electron chi connectivity index (χ3n) is 4.12. The normalized spacial score (nSPS) is 11.9. The van der Waals surface area contributed by atoms with Gasteiger partial charge in [-0.05, 0) is 19.4 Å². The highest BCUT2D eigenvalue weighted by Gasteiger charge is 2.17. The molecule has 1 aromatic heterocycles. The van der Waals surface area contributed by atoms with E-state index in [-0.39, 0.29) is 29.8 Å². The molecule has 2 rings (SSSR count). The molecular weight excluding hydrogens is 334 g/mol. The maximum Gasteiger partial charge on any atom is 0.359 e. The van der Waals surface area contributed by atoms with Crippen molar-refractivity contribution in [3.8, 4) is 0 Å². The van der Waals surface area contributed by atoms with E-state index in [1.54, 1.807) is 24.3 Å². The Hall–Kier alpha value is -2.70. The number of amides is 1. The zero-order valence-electron chi connectivity index (χ0n) is 15.2. The molecule has 1 heterocycles. The summed E-state index contributed by atoms with van der Waals surface area (Å²) in [5.74, 6) is -1.10. The van der Waals surface area contributed by atoms with Gasteiger partial charge in [0, 0.05) is 11.4 Å². The Balaban J connectivity index is 1.88. The van der Waals surface area contributed by atoms with Crippen molar-refractivity contribution >= 4 is 22.6 Å². The van der Waals surface area contributed by atoms with Crippen molar-refractivity contribution < 1.29 is 14.3 Å². The fraction of sp³-hybridized carbons (Fsp3) is 0.474. The van der Waals surface area contributed by atoms with Crippen LogP contribution in [-0.2, 0) is 9.53 Å². The lowest BCUT2D eigenvalue weighted by molar-refractivity contribution is -0.124. The molecule has 0 aliphatic heterocycles. The molecule has 0 unspecified atom stereocenters. The Morgan fingerprint density at radius 2 is 1.92 bits per heavy atom. The maximum absolute atomic E-state index is 12.2. The molecular formula is C19H25N3O4. The minimum Gasteiger partial charge on any atom is -0.451 e. The molecule has 0 radical (unpaired) electrons. The number of carbonyl (C=O) groups excluding carboxylic acids is 2. The molecule has 0 bridgehead atoms. The van der Waals surface area contributed by atoms with Gasteiger partial charge in [0.25, 0.3) is 11.5 Å². The van der Waals surface area contributed by atoms with Crippen LogP contribution in [0.1, 0.15) is 56.4 Å². The van der Waals surface area contributed by atoms with Crippen molar-refractivity contribution in [2.75, 3.05) is 6.61 Å². The Kier molecular flexibility index (Phi) is 7.32. The van der Waals surface area contributed by atoms with Crippen LogP contribution in [0.15, 0.2) is 29.1 Å². The van der Waals surface area contributed by atoms with Crippen molar-refractivity contribution in [2.24, 2.45) is 0 Å². The molecule has 2 aromatic rings. The Morgan fingerprint density at radius 1 is 1.19 bits per heavy atom. The summed E-state index contributed by atoms with van der Waals surface area (Å²) in [6, 6.07) is 6.64. The zero-order valence-corrected chi connectivity index (χ0v) is 15.2. The van der Waals surface area contributed by atoms with Gasteiger partial charge in [-0.15, -0.1) is 0 Å². The number of carbonyl (C=O) groups is 2. The Morgan fingerprint density at radius 3 is 2.65 bits per heavy atom. The molecule has 0 saturated carbocycles. The van der Waals surface area contributed by atoms with E-state index >= 15 is 0 Å². The molecule has 0 aliphatic rings. The topological polar surface area (TPSA) is 101 Å². The molecule has 7 heteroatoms. The number of nitrogens with one attached hydrogen (secondary N) is 2. The van der Waals surface area contributed by atoms with E-state index in [1.165, 1.54) is 12.8 Å². The molecule has 0 aliphatic carbocycles. The van der Waals surface area contributed by atoms with Crippen LogP contribution in [0.5, 0.6) is 0 Å². The largest absolute Gasteiger partial charge is 0.451 e. The lowest BCUT2D eigenvalue weighted by atomic mass is 10.1. The van der Waals surface area contributed by atoms with Gasteiger partial charge in [-0.3, -0.25) is 9.59 Å². The average molecular weight is 359 g/mol. The number of benzene rings is 1. The van der Waals surface area contributed by atoms with E-state index < -0.39 is 5.97 Å². The highest BCUT2D eigenvalue weighted by Crippen LogP contribution is 2.13. The van der Waals surface area contributed by atoms with Crippen LogP contribution in [0.3, 0.4) is 0 Å². The highest BCUT2D eigenvalue weighted by atomic mass is 16.5. The zero-order chi connectivity index (χ0) is 18.9. The second kappa shape index (κ2) is 9.70. The van der Waals surface area contributed by atoms with Gasteiger partial charge in [0.2, 0.25) is 0 Å². The van der Waals surface area contributed by atoms with Gasteiger partial charge in [-0.1, -0.05) is 50.8 Å². The lowest BCUT2D eigenvalue weighted by Gasteiger charge is -2.13. The van der Waals surface area contributed by atoms with Crippen LogP contribution >= 0.6 is 0 Å². The maximum atomic E-state index is 12.2. The van der Waals surface area contributed by atoms with E-state index in [0.29, 0.717) is 10.8 Å². The first-order valence-electron chi connectivity index (χ1n) is 8.96. The molecule has 2 N–H and O–H groups in total. The molecule has 7 nitrogen and oxygen atoms in total. The van der Waals surface area contributed by atoms with Crippen LogP contribution in [0.4, 0.5) is 0 Å². The van der Waals surface area contributed by atoms with Crippen LogP contribution < -0.4 is 10.9 Å². The second-order valence-corrected chi connectivity index (χ2v) is 6.34. The first-order chi connectivity index (χ1) is 12.5. The smallest absolute Gasteiger partial charge is 0.359 e. The number of aromatic amines is 1. The monoisotopic (exact) mass is 359 g/mol. The van der Waals surface area contributed by atoms with E-state index in [1.807, 2.05) is 6.92 Å². The van der Waals surface area contributed by atoms with Gasteiger partial charge < -0.3 is 10.1 Å². The first-order valence-corrected chi connectivity index (χ1v) is 8.96. The van der Waals surface area contributed by atoms with E-state index in [4.69, 9.17) is 4.74 Å². The number of hydrogen-bond donors (Lipinski definition) is 2. The summed E-state index contributed by atoms with van der Waals surface area (Å²) in [7, 11) is 0. The summed E-state index contributed by atoms with van der Waals surface area (Å²) in [6.07, 6.45) is 5.47. The summed E-state index contributed by atoms with van der Waals surface area (Å²) in [5, 5.41) is 9.59. The molecule has 26 heavy (non-hydrogen) atoms. The molecule has 0 spiro atoms. The van der Waals surface area contributed by atoms with Crippen LogP contribution in [0.2, 0.25) is 0 Å². The van der Waals surface area contributed by atoms with Gasteiger partial charge in [0.15, 0.2) is 12.3 Å². The number of aromatic nitrogens is 2. The molecule has 0 saturated heterocycles. The van der Waals surface area contributed by atoms with E-state index in [9.17, 15) is 14.4 Å². The Bertz CT molecular complexity index is 816. The third kappa shape index (κ3) is 5.40. The van der Waals surface area contributed by atoms with Crippen molar-refractivity contribution in [2.45, 2.75) is 52.0 Å². The van der Waals surface area contributed by atoms with Gasteiger partial charge >= 0.3 is 5.97 Å². The summed E-state index contributed by atoms with van der Waals surface area (Å²) >= 11 is 0. The number of rotatable bonds is 9. The van der Waals surface area contributed by atoms with Crippen molar-refractivity contribution in [1.29, 1.82) is 0 Å². The highest BCUT2D eigenvalue weighted by molar-refractivity contribution is 6.02. The number of fused-ring (bicyclic) bond motifs is 1. The Labute approximate surface area is 152 Å². The molecule has 1 atom stereocenters. The van der Waals surface area contributed by atoms with Crippen LogP contribution in [0.25, 0.3) is 10.8 Å². The standard InChI is InChI=1S/C19H25N3O4/c1-3-4-5-6-9-13(2)20-16(23)12-26-19(25)17-14-10-7-8-11-15(14)18(24)22-21-17/h7-8,10-11,13H,3-6,9,12H2,1-2H3,(H,20,23)(H,22,24)/t13-/m1/s1. The van der Waals surface area contributed by atoms with Crippen molar-refractivity contribution in [3.63, 3.8) is 0 Å². The fourth-order valence-electron chi connectivity index (χ4n) is 2.74. The number of esters is 1. The number of unbranched alkanes of at least 4 members (excludes halogenated alkanes) is 3. The number of ether oxygens (including phenoxy) is 1. The van der Waals surface area contributed by atoms with Crippen LogP contribution in [-0.4, -0.2) is 34.7 Å². The minimum absolute atomic E-state index is 0.0133. The van der Waals surface area contributed by atoms with Crippen molar-refractivity contribution in [1.82, 2.24) is 15.5 Å². The minimum atomic E-state index is -0.747. The summed E-state index contributed by atoms with van der Waals surface area (Å²) in [6.45, 7) is 3.70. The fourth-order valence-corrected chi connectivity index (χ4v) is 2.74. The number of H-pyrrole nitrogens is 1. The van der Waals surface area contributed by atoms with E-state index in [0.717, 1.165) is 19.3 Å². The van der Waals surface area contributed by atoms with Gasteiger partial charge in [0.1, 0.15) is 0 Å². The summed E-state index contributed by atoms with van der Waals surface area (Å²) in [4.78, 5) is 35.9.